The molecule has 4 heteroatoms. The average molecular weight is 255 g/mol. The molecule has 0 aliphatic rings. The van der Waals surface area contributed by atoms with E-state index < -0.39 is 15.7 Å². The number of hydrogen-bond acceptors (Lipinski definition) is 1. The summed E-state index contributed by atoms with van der Waals surface area (Å²) in [5.41, 5.74) is 1.46. The Morgan fingerprint density at radius 2 is 1.94 bits per heavy atom. The van der Waals surface area contributed by atoms with E-state index in [1.165, 1.54) is 0 Å². The van der Waals surface area contributed by atoms with Crippen molar-refractivity contribution in [2.24, 2.45) is 4.40 Å². The van der Waals surface area contributed by atoms with Gasteiger partial charge in [0.1, 0.15) is 16.8 Å². The van der Waals surface area contributed by atoms with Crippen LogP contribution in [0.3, 0.4) is 0 Å². The minimum absolute atomic E-state index is 0.292. The molecule has 1 aromatic carbocycles. The molecule has 0 bridgehead atoms. The molecule has 0 unspecified atom stereocenters. The molecule has 1 rings (SSSR count). The Morgan fingerprint density at radius 3 is 2.47 bits per heavy atom. The van der Waals surface area contributed by atoms with E-state index in [-0.39, 0.29) is 5.82 Å². The van der Waals surface area contributed by atoms with E-state index in [1.54, 1.807) is 32.0 Å². The molecule has 94 valence electrons. The van der Waals surface area contributed by atoms with Crippen molar-refractivity contribution in [1.29, 1.82) is 0 Å². The minimum Gasteiger partial charge on any atom is -0.234 e. The first-order valence-electron chi connectivity index (χ1n) is 5.46. The lowest BCUT2D eigenvalue weighted by Crippen LogP contribution is -2.20. The molecule has 1 atom stereocenters. The molecule has 0 radical (unpaired) electrons. The Morgan fingerprint density at radius 1 is 1.35 bits per heavy atom. The molecule has 0 aromatic heterocycles. The maximum absolute atomic E-state index is 13.8. The van der Waals surface area contributed by atoms with Gasteiger partial charge >= 0.3 is 0 Å². The Labute approximate surface area is 105 Å². The second-order valence-electron chi connectivity index (χ2n) is 4.97. The molecule has 0 aliphatic carbocycles. The van der Waals surface area contributed by atoms with E-state index >= 15 is 0 Å². The van der Waals surface area contributed by atoms with Gasteiger partial charge in [0.15, 0.2) is 0 Å². The van der Waals surface area contributed by atoms with E-state index in [2.05, 4.69) is 4.40 Å². The lowest BCUT2D eigenvalue weighted by molar-refractivity contribution is 0.616. The van der Waals surface area contributed by atoms with Crippen LogP contribution in [0.2, 0.25) is 0 Å². The van der Waals surface area contributed by atoms with Crippen LogP contribution >= 0.6 is 0 Å². The van der Waals surface area contributed by atoms with Crippen molar-refractivity contribution in [3.05, 3.63) is 35.1 Å². The van der Waals surface area contributed by atoms with Gasteiger partial charge in [-0.2, -0.15) is 4.40 Å². The Bertz CT molecular complexity index is 475. The maximum Gasteiger partial charge on any atom is 0.145 e. The van der Waals surface area contributed by atoms with Crippen LogP contribution in [0.1, 0.15) is 38.8 Å². The summed E-state index contributed by atoms with van der Waals surface area (Å²) in [4.78, 5) is 0. The fourth-order valence-corrected chi connectivity index (χ4v) is 1.86. The average Bonchev–Trinajstić information content (AvgIpc) is 2.20. The Balaban J connectivity index is 3.13. The molecule has 0 saturated carbocycles. The lowest BCUT2D eigenvalue weighted by Gasteiger charge is -2.14. The third-order valence-electron chi connectivity index (χ3n) is 2.33. The number of rotatable bonds is 2. The second kappa shape index (κ2) is 5.08. The maximum atomic E-state index is 13.8. The van der Waals surface area contributed by atoms with Gasteiger partial charge in [-0.3, -0.25) is 0 Å². The van der Waals surface area contributed by atoms with Crippen molar-refractivity contribution in [2.45, 2.75) is 39.4 Å². The Hall–Kier alpha value is -1.03. The SMILES string of the molecule is CC(=N[S@@](=O)C(C)(C)C)c1cccc(C)c1F. The first kappa shape index (κ1) is 14.0. The Kier molecular flexibility index (Phi) is 4.20. The highest BCUT2D eigenvalue weighted by molar-refractivity contribution is 7.85. The zero-order valence-electron chi connectivity index (χ0n) is 10.9. The summed E-state index contributed by atoms with van der Waals surface area (Å²) < 4.78 is 29.3. The smallest absolute Gasteiger partial charge is 0.145 e. The summed E-state index contributed by atoms with van der Waals surface area (Å²) in [5, 5.41) is 0. The van der Waals surface area contributed by atoms with Gasteiger partial charge < -0.3 is 0 Å². The van der Waals surface area contributed by atoms with Gasteiger partial charge in [0.25, 0.3) is 0 Å². The highest BCUT2D eigenvalue weighted by atomic mass is 32.2. The number of halogens is 1. The molecule has 0 heterocycles. The van der Waals surface area contributed by atoms with Gasteiger partial charge in [-0.1, -0.05) is 18.2 Å². The normalized spacial score (nSPS) is 14.8. The van der Waals surface area contributed by atoms with Crippen LogP contribution in [0.4, 0.5) is 4.39 Å². The molecule has 0 amide bonds. The van der Waals surface area contributed by atoms with Gasteiger partial charge in [-0.05, 0) is 40.2 Å². The van der Waals surface area contributed by atoms with Crippen molar-refractivity contribution >= 4 is 16.7 Å². The third kappa shape index (κ3) is 3.46. The van der Waals surface area contributed by atoms with Crippen molar-refractivity contribution < 1.29 is 8.60 Å². The fraction of sp³-hybridized carbons (Fsp3) is 0.462. The van der Waals surface area contributed by atoms with E-state index in [1.807, 2.05) is 20.8 Å². The zero-order chi connectivity index (χ0) is 13.2. The number of hydrogen-bond donors (Lipinski definition) is 0. The number of benzene rings is 1. The van der Waals surface area contributed by atoms with Crippen molar-refractivity contribution in [2.75, 3.05) is 0 Å². The van der Waals surface area contributed by atoms with Crippen LogP contribution in [0.5, 0.6) is 0 Å². The standard InChI is InChI=1S/C13H18FNOS/c1-9-7-6-8-11(12(9)14)10(2)15-17(16)13(3,4)5/h6-8H,1-5H3/t17-/m0/s1. The number of nitrogens with zero attached hydrogens (tertiary/aromatic N) is 1. The molecule has 0 aliphatic heterocycles. The van der Waals surface area contributed by atoms with Crippen LogP contribution in [-0.4, -0.2) is 14.7 Å². The number of aryl methyl sites for hydroxylation is 1. The van der Waals surface area contributed by atoms with Crippen LogP contribution in [0, 0.1) is 12.7 Å². The van der Waals surface area contributed by atoms with E-state index in [0.717, 1.165) is 0 Å². The molecular formula is C13H18FNOS. The molecule has 0 spiro atoms. The zero-order valence-corrected chi connectivity index (χ0v) is 11.7. The molecule has 1 aromatic rings. The minimum atomic E-state index is -1.36. The predicted molar refractivity (Wildman–Crippen MR) is 71.2 cm³/mol. The molecule has 17 heavy (non-hydrogen) atoms. The molecule has 2 nitrogen and oxygen atoms in total. The molecule has 0 fully saturated rings. The highest BCUT2D eigenvalue weighted by Gasteiger charge is 2.19. The van der Waals surface area contributed by atoms with Gasteiger partial charge in [0.2, 0.25) is 0 Å². The molecule has 0 N–H and O–H groups in total. The first-order valence-corrected chi connectivity index (χ1v) is 6.57. The summed E-state index contributed by atoms with van der Waals surface area (Å²) in [6, 6.07) is 5.13. The summed E-state index contributed by atoms with van der Waals surface area (Å²) in [5.74, 6) is -0.292. The van der Waals surface area contributed by atoms with Crippen molar-refractivity contribution in [3.63, 3.8) is 0 Å². The van der Waals surface area contributed by atoms with Crippen molar-refractivity contribution in [1.82, 2.24) is 0 Å². The summed E-state index contributed by atoms with van der Waals surface area (Å²) in [6.07, 6.45) is 0. The van der Waals surface area contributed by atoms with Crippen molar-refractivity contribution in [3.8, 4) is 0 Å². The quantitative estimate of drug-likeness (QED) is 0.745. The predicted octanol–water partition coefficient (Wildman–Crippen LogP) is 3.41. The first-order chi connectivity index (χ1) is 7.73. The molecule has 0 saturated heterocycles. The summed E-state index contributed by atoms with van der Waals surface area (Å²) in [7, 11) is -1.36. The van der Waals surface area contributed by atoms with Crippen LogP contribution in [-0.2, 0) is 11.0 Å². The van der Waals surface area contributed by atoms with Gasteiger partial charge in [-0.15, -0.1) is 0 Å². The topological polar surface area (TPSA) is 29.4 Å². The van der Waals surface area contributed by atoms with Crippen LogP contribution in [0.15, 0.2) is 22.6 Å². The monoisotopic (exact) mass is 255 g/mol. The summed E-state index contributed by atoms with van der Waals surface area (Å²) >= 11 is 0. The van der Waals surface area contributed by atoms with E-state index in [0.29, 0.717) is 16.8 Å². The van der Waals surface area contributed by atoms with E-state index in [9.17, 15) is 8.60 Å². The van der Waals surface area contributed by atoms with Crippen LogP contribution in [0.25, 0.3) is 0 Å². The summed E-state index contributed by atoms with van der Waals surface area (Å²) in [6.45, 7) is 8.90. The second-order valence-corrected chi connectivity index (χ2v) is 6.88. The van der Waals surface area contributed by atoms with Gasteiger partial charge in [0, 0.05) is 5.56 Å². The van der Waals surface area contributed by atoms with Crippen LogP contribution < -0.4 is 0 Å². The van der Waals surface area contributed by atoms with Gasteiger partial charge in [-0.25, -0.2) is 8.60 Å². The fourth-order valence-electron chi connectivity index (χ4n) is 1.24. The third-order valence-corrected chi connectivity index (χ3v) is 3.81. The lowest BCUT2D eigenvalue weighted by atomic mass is 10.1. The van der Waals surface area contributed by atoms with E-state index in [4.69, 9.17) is 0 Å². The highest BCUT2D eigenvalue weighted by Crippen LogP contribution is 2.17. The molecular weight excluding hydrogens is 237 g/mol. The largest absolute Gasteiger partial charge is 0.234 e. The van der Waals surface area contributed by atoms with Gasteiger partial charge in [0.05, 0.1) is 10.5 Å².